The van der Waals surface area contributed by atoms with Crippen molar-refractivity contribution in [3.8, 4) is 5.75 Å². The zero-order valence-electron chi connectivity index (χ0n) is 12.2. The Hall–Kier alpha value is -0.580. The normalized spacial score (nSPS) is 20.7. The van der Waals surface area contributed by atoms with Crippen LogP contribution in [0.1, 0.15) is 49.3 Å². The second-order valence-corrected chi connectivity index (χ2v) is 6.28. The van der Waals surface area contributed by atoms with Crippen LogP contribution in [0.4, 0.5) is 0 Å². The fraction of sp³-hybridized carbons (Fsp3) is 0.625. The number of rotatable bonds is 5. The largest absolute Gasteiger partial charge is 0.496 e. The number of hydrogen-bond acceptors (Lipinski definition) is 3. The van der Waals surface area contributed by atoms with Crippen LogP contribution in [0, 0.1) is 6.92 Å². The van der Waals surface area contributed by atoms with Crippen LogP contribution in [0.2, 0.25) is 0 Å². The van der Waals surface area contributed by atoms with Gasteiger partial charge in [0.1, 0.15) is 5.75 Å². The van der Waals surface area contributed by atoms with Crippen LogP contribution < -0.4 is 4.74 Å². The number of aryl methyl sites for hydroxylation is 1. The second-order valence-electron chi connectivity index (χ2n) is 5.43. The highest BCUT2D eigenvalue weighted by atomic mass is 79.9. The molecule has 2 unspecified atom stereocenters. The fourth-order valence-electron chi connectivity index (χ4n) is 2.64. The van der Waals surface area contributed by atoms with Crippen LogP contribution in [0.15, 0.2) is 16.6 Å². The minimum Gasteiger partial charge on any atom is -0.496 e. The molecule has 0 bridgehead atoms. The third kappa shape index (κ3) is 3.96. The number of aliphatic hydroxyl groups is 1. The van der Waals surface area contributed by atoms with Gasteiger partial charge in [0.2, 0.25) is 0 Å². The molecule has 112 valence electrons. The molecular formula is C16H23BrO3. The van der Waals surface area contributed by atoms with Crippen LogP contribution in [0.5, 0.6) is 5.75 Å². The molecule has 1 N–H and O–H groups in total. The zero-order chi connectivity index (χ0) is 14.5. The lowest BCUT2D eigenvalue weighted by Crippen LogP contribution is -2.19. The van der Waals surface area contributed by atoms with Gasteiger partial charge >= 0.3 is 0 Å². The standard InChI is InChI=1S/C16H23BrO3/c1-11-9-16(19-2)13(10-14(11)17)15(18)7-6-12-5-3-4-8-20-12/h9-10,12,15,18H,3-8H2,1-2H3. The van der Waals surface area contributed by atoms with Crippen molar-refractivity contribution in [1.29, 1.82) is 0 Å². The Morgan fingerprint density at radius 1 is 1.45 bits per heavy atom. The highest BCUT2D eigenvalue weighted by Gasteiger charge is 2.19. The molecule has 1 fully saturated rings. The molecule has 0 radical (unpaired) electrons. The second kappa shape index (κ2) is 7.43. The van der Waals surface area contributed by atoms with Crippen molar-refractivity contribution in [3.05, 3.63) is 27.7 Å². The molecule has 1 aromatic carbocycles. The number of benzene rings is 1. The van der Waals surface area contributed by atoms with Crippen molar-refractivity contribution in [3.63, 3.8) is 0 Å². The summed E-state index contributed by atoms with van der Waals surface area (Å²) in [7, 11) is 1.64. The molecular weight excluding hydrogens is 320 g/mol. The fourth-order valence-corrected chi connectivity index (χ4v) is 3.00. The van der Waals surface area contributed by atoms with E-state index < -0.39 is 6.10 Å². The van der Waals surface area contributed by atoms with Gasteiger partial charge in [-0.25, -0.2) is 0 Å². The van der Waals surface area contributed by atoms with Crippen molar-refractivity contribution in [2.45, 2.75) is 51.2 Å². The number of halogens is 1. The maximum atomic E-state index is 10.4. The Bertz CT molecular complexity index is 442. The van der Waals surface area contributed by atoms with Gasteiger partial charge in [-0.2, -0.15) is 0 Å². The average Bonchev–Trinajstić information content (AvgIpc) is 2.48. The predicted octanol–water partition coefficient (Wildman–Crippen LogP) is 4.15. The molecule has 2 atom stereocenters. The molecule has 2 rings (SSSR count). The number of hydrogen-bond donors (Lipinski definition) is 1. The lowest BCUT2D eigenvalue weighted by atomic mass is 9.98. The highest BCUT2D eigenvalue weighted by Crippen LogP contribution is 2.34. The predicted molar refractivity (Wildman–Crippen MR) is 83.2 cm³/mol. The molecule has 1 aliphatic rings. The van der Waals surface area contributed by atoms with E-state index in [1.807, 2.05) is 19.1 Å². The maximum absolute atomic E-state index is 10.4. The van der Waals surface area contributed by atoms with Gasteiger partial charge in [-0.05, 0) is 56.7 Å². The molecule has 4 heteroatoms. The number of aliphatic hydroxyl groups excluding tert-OH is 1. The van der Waals surface area contributed by atoms with E-state index in [2.05, 4.69) is 15.9 Å². The molecule has 3 nitrogen and oxygen atoms in total. The van der Waals surface area contributed by atoms with Gasteiger partial charge in [-0.1, -0.05) is 15.9 Å². The maximum Gasteiger partial charge on any atom is 0.125 e. The topological polar surface area (TPSA) is 38.7 Å². The Morgan fingerprint density at radius 2 is 2.25 bits per heavy atom. The van der Waals surface area contributed by atoms with E-state index in [1.54, 1.807) is 7.11 Å². The third-order valence-electron chi connectivity index (χ3n) is 3.91. The van der Waals surface area contributed by atoms with Crippen LogP contribution in [-0.4, -0.2) is 24.9 Å². The monoisotopic (exact) mass is 342 g/mol. The molecule has 1 aromatic rings. The summed E-state index contributed by atoms with van der Waals surface area (Å²) in [4.78, 5) is 0. The smallest absolute Gasteiger partial charge is 0.125 e. The minimum absolute atomic E-state index is 0.304. The van der Waals surface area contributed by atoms with E-state index >= 15 is 0 Å². The molecule has 0 spiro atoms. The van der Waals surface area contributed by atoms with Gasteiger partial charge in [0.15, 0.2) is 0 Å². The van der Waals surface area contributed by atoms with Crippen molar-refractivity contribution in [2.24, 2.45) is 0 Å². The molecule has 20 heavy (non-hydrogen) atoms. The average molecular weight is 343 g/mol. The Balaban J connectivity index is 2.00. The van der Waals surface area contributed by atoms with Gasteiger partial charge in [0, 0.05) is 16.6 Å². The van der Waals surface area contributed by atoms with Crippen LogP contribution in [0.3, 0.4) is 0 Å². The van der Waals surface area contributed by atoms with Gasteiger partial charge in [-0.3, -0.25) is 0 Å². The van der Waals surface area contributed by atoms with E-state index in [9.17, 15) is 5.11 Å². The van der Waals surface area contributed by atoms with E-state index in [0.29, 0.717) is 12.5 Å². The van der Waals surface area contributed by atoms with Crippen molar-refractivity contribution >= 4 is 15.9 Å². The molecule has 0 aliphatic carbocycles. The number of methoxy groups -OCH3 is 1. The third-order valence-corrected chi connectivity index (χ3v) is 4.76. The van der Waals surface area contributed by atoms with E-state index in [0.717, 1.165) is 47.2 Å². The van der Waals surface area contributed by atoms with Gasteiger partial charge in [-0.15, -0.1) is 0 Å². The summed E-state index contributed by atoms with van der Waals surface area (Å²) in [5.41, 5.74) is 1.95. The van der Waals surface area contributed by atoms with Crippen LogP contribution in [0.25, 0.3) is 0 Å². The summed E-state index contributed by atoms with van der Waals surface area (Å²) in [5.74, 6) is 0.753. The Labute approximate surface area is 129 Å². The first kappa shape index (κ1) is 15.8. The molecule has 1 saturated heterocycles. The quantitative estimate of drug-likeness (QED) is 0.873. The van der Waals surface area contributed by atoms with Gasteiger partial charge in [0.05, 0.1) is 19.3 Å². The molecule has 1 heterocycles. The van der Waals surface area contributed by atoms with Gasteiger partial charge in [0.25, 0.3) is 0 Å². The summed E-state index contributed by atoms with van der Waals surface area (Å²) in [6.07, 6.45) is 4.91. The lowest BCUT2D eigenvalue weighted by molar-refractivity contribution is 0.00198. The Kier molecular flexibility index (Phi) is 5.87. The molecule has 0 saturated carbocycles. The summed E-state index contributed by atoms with van der Waals surface area (Å²) >= 11 is 3.51. The highest BCUT2D eigenvalue weighted by molar-refractivity contribution is 9.10. The van der Waals surface area contributed by atoms with E-state index in [-0.39, 0.29) is 0 Å². The molecule has 1 aliphatic heterocycles. The number of ether oxygens (including phenoxy) is 2. The van der Waals surface area contributed by atoms with E-state index in [4.69, 9.17) is 9.47 Å². The summed E-state index contributed by atoms with van der Waals surface area (Å²) in [6, 6.07) is 3.92. The zero-order valence-corrected chi connectivity index (χ0v) is 13.8. The van der Waals surface area contributed by atoms with Gasteiger partial charge < -0.3 is 14.6 Å². The summed E-state index contributed by atoms with van der Waals surface area (Å²) < 4.78 is 12.1. The Morgan fingerprint density at radius 3 is 2.90 bits per heavy atom. The minimum atomic E-state index is -0.507. The van der Waals surface area contributed by atoms with Crippen molar-refractivity contribution < 1.29 is 14.6 Å². The van der Waals surface area contributed by atoms with Crippen molar-refractivity contribution in [2.75, 3.05) is 13.7 Å². The van der Waals surface area contributed by atoms with E-state index in [1.165, 1.54) is 6.42 Å². The first-order chi connectivity index (χ1) is 9.61. The van der Waals surface area contributed by atoms with Crippen LogP contribution in [-0.2, 0) is 4.74 Å². The first-order valence-electron chi connectivity index (χ1n) is 7.25. The molecule has 0 aromatic heterocycles. The van der Waals surface area contributed by atoms with Crippen LogP contribution >= 0.6 is 15.9 Å². The summed E-state index contributed by atoms with van der Waals surface area (Å²) in [6.45, 7) is 2.87. The lowest BCUT2D eigenvalue weighted by Gasteiger charge is -2.24. The van der Waals surface area contributed by atoms with Crippen molar-refractivity contribution in [1.82, 2.24) is 0 Å². The molecule has 0 amide bonds. The summed E-state index contributed by atoms with van der Waals surface area (Å²) in [5, 5.41) is 10.4. The first-order valence-corrected chi connectivity index (χ1v) is 8.05. The SMILES string of the molecule is COc1cc(C)c(Br)cc1C(O)CCC1CCCCO1.